The molecule has 0 bridgehead atoms. The smallest absolute Gasteiger partial charge is 0.159 e. The molecule has 170 valence electrons. The standard InChI is InChI=1S/C26H27FN4O2/c1-5-33-25-14-24-22(13-18(25)12-21(32)7-6-10-31(3)4)26(19(15-28)16-29-24)30-20-8-9-23(27)17(2)11-20/h6-9,11,13-14,16H,5,10,12H2,1-4H3,(H,29,30)/b7-6+/i3D3,5D2,6D,7D,8D,9D,11D. The normalized spacial score (nSPS) is 17.0. The molecule has 0 amide bonds. The van der Waals surface area contributed by atoms with Gasteiger partial charge in [-0.3, -0.25) is 9.78 Å². The van der Waals surface area contributed by atoms with Crippen molar-refractivity contribution in [2.24, 2.45) is 0 Å². The lowest BCUT2D eigenvalue weighted by Gasteiger charge is -2.15. The molecule has 0 aliphatic carbocycles. The number of anilines is 2. The van der Waals surface area contributed by atoms with Crippen LogP contribution in [0.4, 0.5) is 15.8 Å². The van der Waals surface area contributed by atoms with Gasteiger partial charge in [0, 0.05) is 46.0 Å². The van der Waals surface area contributed by atoms with Crippen molar-refractivity contribution < 1.29 is 27.6 Å². The zero-order valence-corrected chi connectivity index (χ0v) is 18.2. The number of hydrogen-bond acceptors (Lipinski definition) is 6. The fourth-order valence-corrected chi connectivity index (χ4v) is 2.97. The maximum Gasteiger partial charge on any atom is 0.159 e. The number of rotatable bonds is 9. The number of benzene rings is 2. The number of ketones is 1. The van der Waals surface area contributed by atoms with Crippen LogP contribution in [-0.2, 0) is 11.2 Å². The number of nitrogens with zero attached hydrogens (tertiary/aromatic N) is 3. The number of aromatic nitrogens is 1. The number of halogens is 1. The molecule has 0 saturated carbocycles. The number of carbonyl (C=O) groups is 1. The molecule has 6 nitrogen and oxygen atoms in total. The van der Waals surface area contributed by atoms with Crippen LogP contribution in [0.3, 0.4) is 0 Å². The lowest BCUT2D eigenvalue weighted by Crippen LogP contribution is -2.11. The summed E-state index contributed by atoms with van der Waals surface area (Å²) in [7, 11) is 1.21. The van der Waals surface area contributed by atoms with Crippen LogP contribution in [0.5, 0.6) is 5.75 Å². The molecule has 3 aromatic rings. The number of fused-ring (bicyclic) bond motifs is 1. The van der Waals surface area contributed by atoms with Crippen LogP contribution in [0.1, 0.15) is 37.3 Å². The molecule has 7 heteroatoms. The Morgan fingerprint density at radius 1 is 1.52 bits per heavy atom. The van der Waals surface area contributed by atoms with E-state index in [-0.39, 0.29) is 44.7 Å². The molecule has 0 unspecified atom stereocenters. The number of pyridine rings is 1. The largest absolute Gasteiger partial charge is 0.494 e. The number of nitrogens with one attached hydrogen (secondary N) is 1. The summed E-state index contributed by atoms with van der Waals surface area (Å²) in [4.78, 5) is 18.1. The molecule has 33 heavy (non-hydrogen) atoms. The Morgan fingerprint density at radius 2 is 2.33 bits per heavy atom. The van der Waals surface area contributed by atoms with E-state index in [1.54, 1.807) is 0 Å². The van der Waals surface area contributed by atoms with Gasteiger partial charge in [-0.2, -0.15) is 5.26 Å². The zero-order valence-electron chi connectivity index (χ0n) is 28.2. The van der Waals surface area contributed by atoms with Crippen LogP contribution in [0.15, 0.2) is 48.6 Å². The summed E-state index contributed by atoms with van der Waals surface area (Å²) in [6, 6.07) is 1.41. The van der Waals surface area contributed by atoms with Crippen molar-refractivity contribution in [1.29, 1.82) is 5.26 Å². The second kappa shape index (κ2) is 10.7. The van der Waals surface area contributed by atoms with Gasteiger partial charge in [0.05, 0.1) is 32.9 Å². The van der Waals surface area contributed by atoms with Crippen LogP contribution >= 0.6 is 0 Å². The topological polar surface area (TPSA) is 78.3 Å². The van der Waals surface area contributed by atoms with Crippen molar-refractivity contribution in [2.45, 2.75) is 20.3 Å². The monoisotopic (exact) mass is 456 g/mol. The second-order valence-electron chi connectivity index (χ2n) is 7.01. The number of allylic oxidation sites excluding steroid dienone is 1. The SMILES string of the molecule is [2H]/C(CN(C)C([2H])([2H])[2H])=C(/[2H])C(=O)Cc1cc2c(Nc3c([2H])c([2H])c(F)c(C)c3[2H])c(C#N)cnc2cc1OC([2H])([2H])C. The Kier molecular flexibility index (Phi) is 4.45. The molecule has 2 aromatic carbocycles. The van der Waals surface area contributed by atoms with Crippen LogP contribution < -0.4 is 10.1 Å². The Balaban J connectivity index is 2.21. The van der Waals surface area contributed by atoms with Gasteiger partial charge in [0.25, 0.3) is 0 Å². The molecule has 0 spiro atoms. The average Bonchev–Trinajstić information content (AvgIpc) is 2.91. The molecule has 0 fully saturated rings. The Hall–Kier alpha value is -3.76. The van der Waals surface area contributed by atoms with Crippen molar-refractivity contribution in [3.63, 3.8) is 0 Å². The lowest BCUT2D eigenvalue weighted by molar-refractivity contribution is -0.114. The molecule has 1 aromatic heterocycles. The summed E-state index contributed by atoms with van der Waals surface area (Å²) < 4.78 is 98.3. The number of likely N-dealkylation sites (N-methyl/N-ethyl adjacent to an activating group) is 1. The first-order valence-corrected chi connectivity index (χ1v) is 9.75. The highest BCUT2D eigenvalue weighted by atomic mass is 19.1. The van der Waals surface area contributed by atoms with Gasteiger partial charge in [-0.25, -0.2) is 4.39 Å². The number of nitriles is 1. The summed E-state index contributed by atoms with van der Waals surface area (Å²) in [5, 5.41) is 12.7. The molecular weight excluding hydrogens is 419 g/mol. The van der Waals surface area contributed by atoms with Gasteiger partial charge in [0.2, 0.25) is 0 Å². The number of carbonyl (C=O) groups excluding carboxylic acids is 1. The first kappa shape index (κ1) is 13.7. The first-order valence-electron chi connectivity index (χ1n) is 14.7. The van der Waals surface area contributed by atoms with Crippen molar-refractivity contribution in [2.75, 3.05) is 32.4 Å². The minimum atomic E-state index is -2.56. The van der Waals surface area contributed by atoms with Gasteiger partial charge >= 0.3 is 0 Å². The fraction of sp³-hybridized carbons (Fsp3) is 0.269. The van der Waals surface area contributed by atoms with Gasteiger partial charge in [-0.15, -0.1) is 0 Å². The molecule has 0 aliphatic heterocycles. The van der Waals surface area contributed by atoms with E-state index in [1.807, 2.05) is 6.07 Å². The van der Waals surface area contributed by atoms with Gasteiger partial charge in [0.15, 0.2) is 5.78 Å². The fourth-order valence-electron chi connectivity index (χ4n) is 2.97. The van der Waals surface area contributed by atoms with Crippen molar-refractivity contribution in [3.8, 4) is 11.8 Å². The molecular formula is C26H27FN4O2. The van der Waals surface area contributed by atoms with Gasteiger partial charge in [0.1, 0.15) is 17.6 Å². The zero-order chi connectivity index (χ0) is 32.6. The van der Waals surface area contributed by atoms with Crippen LogP contribution in [0, 0.1) is 24.1 Å². The third kappa shape index (κ3) is 5.93. The van der Waals surface area contributed by atoms with E-state index in [2.05, 4.69) is 10.3 Å². The first-order chi connectivity index (χ1) is 19.8. The highest BCUT2D eigenvalue weighted by molar-refractivity contribution is 5.98. The van der Waals surface area contributed by atoms with Crippen molar-refractivity contribution in [3.05, 3.63) is 71.1 Å². The molecule has 0 atom stereocenters. The van der Waals surface area contributed by atoms with E-state index in [0.29, 0.717) is 0 Å². The predicted octanol–water partition coefficient (Wildman–Crippen LogP) is 4.93. The molecule has 0 saturated heterocycles. The van der Waals surface area contributed by atoms with Crippen LogP contribution in [-0.4, -0.2) is 42.8 Å². The van der Waals surface area contributed by atoms with Gasteiger partial charge < -0.3 is 15.0 Å². The molecule has 1 heterocycles. The molecule has 3 rings (SSSR count). The molecule has 0 radical (unpaired) electrons. The molecule has 0 aliphatic rings. The van der Waals surface area contributed by atoms with Crippen molar-refractivity contribution in [1.82, 2.24) is 9.88 Å². The highest BCUT2D eigenvalue weighted by Gasteiger charge is 2.16. The maximum absolute atomic E-state index is 14.3. The minimum Gasteiger partial charge on any atom is -0.494 e. The quantitative estimate of drug-likeness (QED) is 0.460. The van der Waals surface area contributed by atoms with E-state index in [1.165, 1.54) is 32.3 Å². The maximum atomic E-state index is 14.3. The van der Waals surface area contributed by atoms with Crippen molar-refractivity contribution >= 4 is 28.1 Å². The predicted molar refractivity (Wildman–Crippen MR) is 128 cm³/mol. The second-order valence-corrected chi connectivity index (χ2v) is 7.01. The summed E-state index contributed by atoms with van der Waals surface area (Å²) in [6.45, 7) is -2.91. The van der Waals surface area contributed by atoms with Gasteiger partial charge in [-0.05, 0) is 63.7 Å². The number of hydrogen-bond donors (Lipinski definition) is 1. The van der Waals surface area contributed by atoms with E-state index >= 15 is 0 Å². The third-order valence-electron chi connectivity index (χ3n) is 4.47. The highest BCUT2D eigenvalue weighted by Crippen LogP contribution is 2.34. The van der Waals surface area contributed by atoms with E-state index in [9.17, 15) is 14.4 Å². The lowest BCUT2D eigenvalue weighted by atomic mass is 10.0. The summed E-state index contributed by atoms with van der Waals surface area (Å²) in [5.74, 6) is -2.07. The van der Waals surface area contributed by atoms with Crippen LogP contribution in [0.2, 0.25) is 0 Å². The van der Waals surface area contributed by atoms with E-state index in [0.717, 1.165) is 11.8 Å². The van der Waals surface area contributed by atoms with Gasteiger partial charge in [-0.1, -0.05) is 6.05 Å². The minimum absolute atomic E-state index is 0.00165. The van der Waals surface area contributed by atoms with E-state index < -0.39 is 68.3 Å². The third-order valence-corrected chi connectivity index (χ3v) is 4.47. The summed E-state index contributed by atoms with van der Waals surface area (Å²) in [6.07, 6.45) is 0.583. The molecule has 1 N–H and O–H groups in total. The van der Waals surface area contributed by atoms with Crippen LogP contribution in [0.25, 0.3) is 10.9 Å². The average molecular weight is 457 g/mol. The Bertz CT molecular complexity index is 1650. The van der Waals surface area contributed by atoms with E-state index in [4.69, 9.17) is 18.4 Å². The Morgan fingerprint density at radius 3 is 3.06 bits per heavy atom. The Labute approximate surface area is 207 Å². The summed E-state index contributed by atoms with van der Waals surface area (Å²) in [5.41, 5.74) is -0.358. The summed E-state index contributed by atoms with van der Waals surface area (Å²) >= 11 is 0. The number of ether oxygens (including phenoxy) is 1.